The molecule has 4 nitrogen and oxygen atoms in total. The first kappa shape index (κ1) is 16.5. The van der Waals surface area contributed by atoms with Crippen LogP contribution in [0, 0.1) is 5.92 Å². The van der Waals surface area contributed by atoms with Gasteiger partial charge in [0.15, 0.2) is 0 Å². The van der Waals surface area contributed by atoms with E-state index in [-0.39, 0.29) is 18.1 Å². The molecule has 4 heteroatoms. The van der Waals surface area contributed by atoms with E-state index in [4.69, 9.17) is 0 Å². The Morgan fingerprint density at radius 3 is 2.48 bits per heavy atom. The van der Waals surface area contributed by atoms with Crippen molar-refractivity contribution in [3.05, 3.63) is 35.9 Å². The molecule has 2 heterocycles. The fourth-order valence-corrected chi connectivity index (χ4v) is 3.74. The second-order valence-corrected chi connectivity index (χ2v) is 7.03. The topological polar surface area (TPSA) is 43.8 Å². The van der Waals surface area contributed by atoms with Gasteiger partial charge in [-0.3, -0.25) is 9.69 Å². The Labute approximate surface area is 139 Å². The van der Waals surface area contributed by atoms with Gasteiger partial charge < -0.3 is 10.0 Å². The summed E-state index contributed by atoms with van der Waals surface area (Å²) in [5.74, 6) is 0.519. The minimum Gasteiger partial charge on any atom is -0.392 e. The fourth-order valence-electron chi connectivity index (χ4n) is 3.74. The predicted octanol–water partition coefficient (Wildman–Crippen LogP) is 2.44. The molecular weight excluding hydrogens is 288 g/mol. The van der Waals surface area contributed by atoms with Crippen LogP contribution in [0.5, 0.6) is 0 Å². The Hall–Kier alpha value is -1.39. The number of likely N-dealkylation sites (tertiary alicyclic amines) is 2. The van der Waals surface area contributed by atoms with Crippen LogP contribution in [0.25, 0.3) is 0 Å². The monoisotopic (exact) mass is 316 g/mol. The number of piperidine rings is 2. The Bertz CT molecular complexity index is 513. The van der Waals surface area contributed by atoms with E-state index in [0.717, 1.165) is 44.5 Å². The highest BCUT2D eigenvalue weighted by atomic mass is 16.3. The van der Waals surface area contributed by atoms with Crippen molar-refractivity contribution in [1.29, 1.82) is 0 Å². The minimum absolute atomic E-state index is 0.206. The molecule has 2 saturated heterocycles. The van der Waals surface area contributed by atoms with E-state index >= 15 is 0 Å². The van der Waals surface area contributed by atoms with E-state index < -0.39 is 0 Å². The Kier molecular flexibility index (Phi) is 5.34. The van der Waals surface area contributed by atoms with Crippen LogP contribution in [-0.4, -0.2) is 53.1 Å². The lowest BCUT2D eigenvalue weighted by molar-refractivity contribution is -0.140. The average molecular weight is 316 g/mol. The summed E-state index contributed by atoms with van der Waals surface area (Å²) < 4.78 is 0. The lowest BCUT2D eigenvalue weighted by atomic mass is 9.92. The van der Waals surface area contributed by atoms with Crippen molar-refractivity contribution in [2.75, 3.05) is 26.2 Å². The molecule has 2 aliphatic heterocycles. The lowest BCUT2D eigenvalue weighted by Gasteiger charge is -2.41. The van der Waals surface area contributed by atoms with Crippen molar-refractivity contribution in [3.8, 4) is 0 Å². The van der Waals surface area contributed by atoms with Gasteiger partial charge in [0.25, 0.3) is 0 Å². The van der Waals surface area contributed by atoms with E-state index in [0.29, 0.717) is 12.5 Å². The van der Waals surface area contributed by atoms with Crippen molar-refractivity contribution < 1.29 is 9.90 Å². The molecule has 3 rings (SSSR count). The normalized spacial score (nSPS) is 27.7. The van der Waals surface area contributed by atoms with Gasteiger partial charge in [0.2, 0.25) is 5.91 Å². The van der Waals surface area contributed by atoms with Crippen LogP contribution in [0.2, 0.25) is 0 Å². The minimum atomic E-state index is -0.343. The summed E-state index contributed by atoms with van der Waals surface area (Å²) in [6.45, 7) is 5.29. The van der Waals surface area contributed by atoms with Crippen LogP contribution in [0.15, 0.2) is 30.3 Å². The van der Waals surface area contributed by atoms with Crippen LogP contribution in [0.1, 0.15) is 44.2 Å². The van der Waals surface area contributed by atoms with Crippen LogP contribution in [0.4, 0.5) is 0 Å². The molecule has 1 aromatic rings. The number of hydrogen-bond donors (Lipinski definition) is 1. The maximum Gasteiger partial charge on any atom is 0.244 e. The van der Waals surface area contributed by atoms with Gasteiger partial charge in [-0.05, 0) is 43.7 Å². The Morgan fingerprint density at radius 1 is 1.13 bits per heavy atom. The van der Waals surface area contributed by atoms with Gasteiger partial charge in [-0.1, -0.05) is 37.3 Å². The van der Waals surface area contributed by atoms with Gasteiger partial charge in [0, 0.05) is 19.6 Å². The number of rotatable bonds is 3. The molecule has 3 atom stereocenters. The largest absolute Gasteiger partial charge is 0.392 e. The number of nitrogens with zero attached hydrogens (tertiary/aromatic N) is 2. The molecule has 0 bridgehead atoms. The molecule has 1 N–H and O–H groups in total. The number of amides is 1. The highest BCUT2D eigenvalue weighted by Gasteiger charge is 2.36. The number of β-amino-alcohol motifs (C(OH)–C–C–N with tert-alkyl or cyclic N) is 1. The summed E-state index contributed by atoms with van der Waals surface area (Å²) in [4.78, 5) is 17.4. The zero-order valence-electron chi connectivity index (χ0n) is 14.0. The second kappa shape index (κ2) is 7.45. The number of carbonyl (C=O) groups excluding carboxylic acids is 1. The zero-order chi connectivity index (χ0) is 16.2. The predicted molar refractivity (Wildman–Crippen MR) is 91.0 cm³/mol. The molecule has 0 saturated carbocycles. The summed E-state index contributed by atoms with van der Waals surface area (Å²) in [5, 5.41) is 10.3. The molecular formula is C19H28N2O2. The smallest absolute Gasteiger partial charge is 0.244 e. The van der Waals surface area contributed by atoms with Gasteiger partial charge in [-0.2, -0.15) is 0 Å². The third kappa shape index (κ3) is 3.75. The molecule has 126 valence electrons. The molecule has 3 unspecified atom stereocenters. The Morgan fingerprint density at radius 2 is 1.83 bits per heavy atom. The number of aliphatic hydroxyl groups is 1. The first-order valence-electron chi connectivity index (χ1n) is 8.92. The first-order valence-corrected chi connectivity index (χ1v) is 8.92. The molecule has 0 aromatic heterocycles. The maximum absolute atomic E-state index is 13.2. The molecule has 0 spiro atoms. The van der Waals surface area contributed by atoms with E-state index in [2.05, 4.69) is 11.8 Å². The SMILES string of the molecule is CC1CCN(C(C(=O)N2CCCCC2)c2ccccc2)CC1O. The van der Waals surface area contributed by atoms with E-state index in [1.807, 2.05) is 35.2 Å². The number of hydrogen-bond acceptors (Lipinski definition) is 3. The highest BCUT2D eigenvalue weighted by Crippen LogP contribution is 2.29. The fraction of sp³-hybridized carbons (Fsp3) is 0.632. The third-order valence-corrected chi connectivity index (χ3v) is 5.33. The van der Waals surface area contributed by atoms with Gasteiger partial charge in [0.05, 0.1) is 6.10 Å². The van der Waals surface area contributed by atoms with Crippen molar-refractivity contribution in [2.45, 2.75) is 44.8 Å². The Balaban J connectivity index is 1.83. The summed E-state index contributed by atoms with van der Waals surface area (Å²) in [7, 11) is 0. The van der Waals surface area contributed by atoms with Gasteiger partial charge in [0.1, 0.15) is 6.04 Å². The second-order valence-electron chi connectivity index (χ2n) is 7.03. The molecule has 0 radical (unpaired) electrons. The summed E-state index contributed by atoms with van der Waals surface area (Å²) in [5.41, 5.74) is 1.05. The van der Waals surface area contributed by atoms with E-state index in [1.54, 1.807) is 0 Å². The molecule has 2 fully saturated rings. The van der Waals surface area contributed by atoms with Crippen LogP contribution < -0.4 is 0 Å². The number of aliphatic hydroxyl groups excluding tert-OH is 1. The molecule has 23 heavy (non-hydrogen) atoms. The van der Waals surface area contributed by atoms with Crippen molar-refractivity contribution in [2.24, 2.45) is 5.92 Å². The highest BCUT2D eigenvalue weighted by molar-refractivity contribution is 5.83. The average Bonchev–Trinajstić information content (AvgIpc) is 2.60. The van der Waals surface area contributed by atoms with Gasteiger partial charge >= 0.3 is 0 Å². The number of carbonyl (C=O) groups is 1. The van der Waals surface area contributed by atoms with Crippen molar-refractivity contribution in [3.63, 3.8) is 0 Å². The summed E-state index contributed by atoms with van der Waals surface area (Å²) in [6.07, 6.45) is 4.03. The van der Waals surface area contributed by atoms with Crippen molar-refractivity contribution in [1.82, 2.24) is 9.80 Å². The molecule has 0 aliphatic carbocycles. The van der Waals surface area contributed by atoms with Crippen molar-refractivity contribution >= 4 is 5.91 Å². The van der Waals surface area contributed by atoms with Gasteiger partial charge in [-0.15, -0.1) is 0 Å². The van der Waals surface area contributed by atoms with Crippen LogP contribution in [-0.2, 0) is 4.79 Å². The quantitative estimate of drug-likeness (QED) is 0.931. The zero-order valence-corrected chi connectivity index (χ0v) is 14.0. The van der Waals surface area contributed by atoms with Gasteiger partial charge in [-0.25, -0.2) is 0 Å². The standard InChI is InChI=1S/C19H28N2O2/c1-15-10-13-21(14-17(15)22)18(16-8-4-2-5-9-16)19(23)20-11-6-3-7-12-20/h2,4-5,8-9,15,17-18,22H,3,6-7,10-14H2,1H3. The molecule has 1 aromatic carbocycles. The summed E-state index contributed by atoms with van der Waals surface area (Å²) >= 11 is 0. The van der Waals surface area contributed by atoms with Crippen LogP contribution in [0.3, 0.4) is 0 Å². The summed E-state index contributed by atoms with van der Waals surface area (Å²) in [6, 6.07) is 9.80. The molecule has 1 amide bonds. The lowest BCUT2D eigenvalue weighted by Crippen LogP contribution is -2.50. The van der Waals surface area contributed by atoms with E-state index in [1.165, 1.54) is 6.42 Å². The van der Waals surface area contributed by atoms with E-state index in [9.17, 15) is 9.90 Å². The number of benzene rings is 1. The molecule has 2 aliphatic rings. The maximum atomic E-state index is 13.2. The van der Waals surface area contributed by atoms with Crippen LogP contribution >= 0.6 is 0 Å². The third-order valence-electron chi connectivity index (χ3n) is 5.33. The first-order chi connectivity index (χ1) is 11.2.